The van der Waals surface area contributed by atoms with Crippen LogP contribution in [0.15, 0.2) is 41.9 Å². The Kier molecular flexibility index (Phi) is 8.40. The third kappa shape index (κ3) is 6.78. The summed E-state index contributed by atoms with van der Waals surface area (Å²) in [5, 5.41) is 4.88. The van der Waals surface area contributed by atoms with Gasteiger partial charge in [-0.2, -0.15) is 0 Å². The molecule has 2 amide bonds. The quantitative estimate of drug-likeness (QED) is 0.596. The molecule has 3 rings (SSSR count). The first kappa shape index (κ1) is 22.7. The van der Waals surface area contributed by atoms with Gasteiger partial charge in [0.15, 0.2) is 17.8 Å². The van der Waals surface area contributed by atoms with E-state index in [1.807, 2.05) is 11.4 Å². The van der Waals surface area contributed by atoms with E-state index in [4.69, 9.17) is 9.47 Å². The van der Waals surface area contributed by atoms with E-state index >= 15 is 0 Å². The number of anilines is 1. The highest BCUT2D eigenvalue weighted by Crippen LogP contribution is 2.29. The summed E-state index contributed by atoms with van der Waals surface area (Å²) in [5.74, 6) is -0.874. The zero-order valence-electron chi connectivity index (χ0n) is 17.5. The lowest BCUT2D eigenvalue weighted by atomic mass is 9.94. The number of carbonyl (C=O) groups excluding carboxylic acids is 3. The largest absolute Gasteiger partial charge is 0.484 e. The molecule has 1 fully saturated rings. The maximum atomic E-state index is 13.1. The molecule has 1 aliphatic rings. The number of esters is 1. The number of hydrogen-bond acceptors (Lipinski definition) is 7. The molecular weight excluding hydrogens is 418 g/mol. The SMILES string of the molecule is CC(OC(=O)CNC(=O)COc1ccccc1)C(=O)N(c1nccs1)C1CCCCC1. The highest BCUT2D eigenvalue weighted by atomic mass is 32.1. The van der Waals surface area contributed by atoms with E-state index in [1.54, 1.807) is 42.3 Å². The molecular formula is C22H27N3O5S. The van der Waals surface area contributed by atoms with Crippen molar-refractivity contribution in [1.82, 2.24) is 10.3 Å². The van der Waals surface area contributed by atoms with E-state index in [-0.39, 0.29) is 25.1 Å². The summed E-state index contributed by atoms with van der Waals surface area (Å²) in [7, 11) is 0. The number of nitrogens with zero attached hydrogens (tertiary/aromatic N) is 2. The number of nitrogens with one attached hydrogen (secondary N) is 1. The maximum Gasteiger partial charge on any atom is 0.326 e. The van der Waals surface area contributed by atoms with E-state index in [9.17, 15) is 14.4 Å². The molecule has 1 atom stereocenters. The molecule has 1 N–H and O–H groups in total. The molecule has 0 aliphatic heterocycles. The molecule has 1 heterocycles. The summed E-state index contributed by atoms with van der Waals surface area (Å²) >= 11 is 1.39. The third-order valence-corrected chi connectivity index (χ3v) is 5.77. The van der Waals surface area contributed by atoms with E-state index in [0.717, 1.165) is 32.1 Å². The summed E-state index contributed by atoms with van der Waals surface area (Å²) in [6.07, 6.45) is 5.78. The number of amides is 2. The predicted octanol–water partition coefficient (Wildman–Crippen LogP) is 2.94. The Hall–Kier alpha value is -2.94. The zero-order chi connectivity index (χ0) is 22.1. The normalized spacial score (nSPS) is 15.0. The summed E-state index contributed by atoms with van der Waals surface area (Å²) < 4.78 is 10.6. The Morgan fingerprint density at radius 2 is 1.94 bits per heavy atom. The van der Waals surface area contributed by atoms with Crippen molar-refractivity contribution in [3.63, 3.8) is 0 Å². The molecule has 166 valence electrons. The number of para-hydroxylation sites is 1. The fourth-order valence-electron chi connectivity index (χ4n) is 3.48. The Labute approximate surface area is 185 Å². The number of aromatic nitrogens is 1. The predicted molar refractivity (Wildman–Crippen MR) is 117 cm³/mol. The van der Waals surface area contributed by atoms with Gasteiger partial charge in [0, 0.05) is 17.6 Å². The minimum atomic E-state index is -0.976. The standard InChI is InChI=1S/C22H27N3O5S/c1-16(21(28)25(22-23-12-13-31-22)17-8-4-2-5-9-17)30-20(27)14-24-19(26)15-29-18-10-6-3-7-11-18/h3,6-7,10-13,16-17H,2,4-5,8-9,14-15H2,1H3,(H,24,26). The first-order chi connectivity index (χ1) is 15.0. The van der Waals surface area contributed by atoms with Gasteiger partial charge in [-0.05, 0) is 31.9 Å². The molecule has 1 unspecified atom stereocenters. The number of thiazole rings is 1. The van der Waals surface area contributed by atoms with Gasteiger partial charge in [0.1, 0.15) is 12.3 Å². The van der Waals surface area contributed by atoms with E-state index in [0.29, 0.717) is 10.9 Å². The second-order valence-corrected chi connectivity index (χ2v) is 8.20. The number of ether oxygens (including phenoxy) is 2. The van der Waals surface area contributed by atoms with Crippen molar-refractivity contribution < 1.29 is 23.9 Å². The molecule has 31 heavy (non-hydrogen) atoms. The van der Waals surface area contributed by atoms with Gasteiger partial charge in [0.05, 0.1) is 0 Å². The van der Waals surface area contributed by atoms with Crippen LogP contribution in [0.1, 0.15) is 39.0 Å². The van der Waals surface area contributed by atoms with Gasteiger partial charge in [-0.25, -0.2) is 4.98 Å². The van der Waals surface area contributed by atoms with Crippen molar-refractivity contribution in [3.05, 3.63) is 41.9 Å². The van der Waals surface area contributed by atoms with E-state index in [2.05, 4.69) is 10.3 Å². The molecule has 1 saturated carbocycles. The van der Waals surface area contributed by atoms with Crippen LogP contribution in [0.25, 0.3) is 0 Å². The Morgan fingerprint density at radius 3 is 2.61 bits per heavy atom. The highest BCUT2D eigenvalue weighted by Gasteiger charge is 2.33. The van der Waals surface area contributed by atoms with Gasteiger partial charge in [-0.3, -0.25) is 19.3 Å². The number of benzene rings is 1. The molecule has 1 aromatic heterocycles. The van der Waals surface area contributed by atoms with Crippen LogP contribution in [0, 0.1) is 0 Å². The first-order valence-electron chi connectivity index (χ1n) is 10.4. The summed E-state index contributed by atoms with van der Waals surface area (Å²) in [6, 6.07) is 8.96. The molecule has 0 spiro atoms. The van der Waals surface area contributed by atoms with Gasteiger partial charge < -0.3 is 14.8 Å². The molecule has 9 heteroatoms. The van der Waals surface area contributed by atoms with Crippen LogP contribution in [-0.4, -0.2) is 48.1 Å². The molecule has 2 aromatic rings. The number of rotatable bonds is 9. The van der Waals surface area contributed by atoms with Crippen LogP contribution >= 0.6 is 11.3 Å². The molecule has 0 bridgehead atoms. The van der Waals surface area contributed by atoms with Crippen LogP contribution < -0.4 is 15.0 Å². The Morgan fingerprint density at radius 1 is 1.19 bits per heavy atom. The van der Waals surface area contributed by atoms with Crippen LogP contribution in [0.3, 0.4) is 0 Å². The van der Waals surface area contributed by atoms with Gasteiger partial charge in [0.2, 0.25) is 0 Å². The maximum absolute atomic E-state index is 13.1. The van der Waals surface area contributed by atoms with Crippen molar-refractivity contribution in [2.45, 2.75) is 51.2 Å². The van der Waals surface area contributed by atoms with Crippen molar-refractivity contribution in [1.29, 1.82) is 0 Å². The number of hydrogen-bond donors (Lipinski definition) is 1. The minimum Gasteiger partial charge on any atom is -0.484 e. The van der Waals surface area contributed by atoms with Crippen molar-refractivity contribution in [2.75, 3.05) is 18.1 Å². The monoisotopic (exact) mass is 445 g/mol. The molecule has 0 radical (unpaired) electrons. The average molecular weight is 446 g/mol. The Bertz CT molecular complexity index is 853. The lowest BCUT2D eigenvalue weighted by molar-refractivity contribution is -0.153. The molecule has 8 nitrogen and oxygen atoms in total. The van der Waals surface area contributed by atoms with E-state index < -0.39 is 18.0 Å². The second-order valence-electron chi connectivity index (χ2n) is 7.33. The summed E-state index contributed by atoms with van der Waals surface area (Å²) in [6.45, 7) is 0.991. The molecule has 1 aromatic carbocycles. The van der Waals surface area contributed by atoms with Crippen LogP contribution in [-0.2, 0) is 19.1 Å². The average Bonchev–Trinajstić information content (AvgIpc) is 3.32. The minimum absolute atomic E-state index is 0.0587. The Balaban J connectivity index is 1.48. The molecule has 0 saturated heterocycles. The topological polar surface area (TPSA) is 97.8 Å². The van der Waals surface area contributed by atoms with Gasteiger partial charge in [0.25, 0.3) is 11.8 Å². The van der Waals surface area contributed by atoms with Gasteiger partial charge >= 0.3 is 5.97 Å². The fourth-order valence-corrected chi connectivity index (χ4v) is 4.19. The van der Waals surface area contributed by atoms with Crippen molar-refractivity contribution in [2.24, 2.45) is 0 Å². The fraction of sp³-hybridized carbons (Fsp3) is 0.455. The lowest BCUT2D eigenvalue weighted by Gasteiger charge is -2.33. The van der Waals surface area contributed by atoms with Gasteiger partial charge in [-0.1, -0.05) is 37.5 Å². The highest BCUT2D eigenvalue weighted by molar-refractivity contribution is 7.13. The van der Waals surface area contributed by atoms with Crippen molar-refractivity contribution in [3.8, 4) is 5.75 Å². The van der Waals surface area contributed by atoms with Crippen molar-refractivity contribution >= 4 is 34.3 Å². The van der Waals surface area contributed by atoms with E-state index in [1.165, 1.54) is 11.3 Å². The second kappa shape index (κ2) is 11.5. The summed E-state index contributed by atoms with van der Waals surface area (Å²) in [4.78, 5) is 43.1. The smallest absolute Gasteiger partial charge is 0.326 e. The van der Waals surface area contributed by atoms with Crippen LogP contribution in [0.2, 0.25) is 0 Å². The molecule has 1 aliphatic carbocycles. The third-order valence-electron chi connectivity index (χ3n) is 5.00. The lowest BCUT2D eigenvalue weighted by Crippen LogP contribution is -2.47. The number of carbonyl (C=O) groups is 3. The van der Waals surface area contributed by atoms with Gasteiger partial charge in [-0.15, -0.1) is 11.3 Å². The summed E-state index contributed by atoms with van der Waals surface area (Å²) in [5.41, 5.74) is 0. The zero-order valence-corrected chi connectivity index (χ0v) is 18.3. The van der Waals surface area contributed by atoms with Crippen LogP contribution in [0.4, 0.5) is 5.13 Å². The first-order valence-corrected chi connectivity index (χ1v) is 11.3. The van der Waals surface area contributed by atoms with Crippen LogP contribution in [0.5, 0.6) is 5.75 Å².